The topological polar surface area (TPSA) is 83.5 Å². The molecule has 110 valence electrons. The number of nitrogens with one attached hydrogen (secondary N) is 1. The minimum Gasteiger partial charge on any atom is -0.478 e. The SMILES string of the molecule is O=C(O)c1cccc(CS(=O)(=O)Nc2cccc(I)c2)c1. The van der Waals surface area contributed by atoms with Crippen molar-refractivity contribution in [2.24, 2.45) is 0 Å². The summed E-state index contributed by atoms with van der Waals surface area (Å²) in [7, 11) is -3.59. The van der Waals surface area contributed by atoms with Crippen molar-refractivity contribution in [2.45, 2.75) is 5.75 Å². The lowest BCUT2D eigenvalue weighted by Crippen LogP contribution is -2.15. The highest BCUT2D eigenvalue weighted by atomic mass is 127. The maximum atomic E-state index is 12.1. The van der Waals surface area contributed by atoms with Crippen LogP contribution in [0.4, 0.5) is 5.69 Å². The second-order valence-corrected chi connectivity index (χ2v) is 7.34. The van der Waals surface area contributed by atoms with Gasteiger partial charge in [0, 0.05) is 9.26 Å². The first-order valence-corrected chi connectivity index (χ1v) is 8.67. The molecule has 2 N–H and O–H groups in total. The normalized spacial score (nSPS) is 11.1. The number of hydrogen-bond acceptors (Lipinski definition) is 3. The zero-order valence-corrected chi connectivity index (χ0v) is 13.8. The predicted octanol–water partition coefficient (Wildman–Crippen LogP) is 2.93. The molecule has 0 saturated heterocycles. The molecule has 0 atom stereocenters. The van der Waals surface area contributed by atoms with Gasteiger partial charge in [0.2, 0.25) is 10.0 Å². The molecule has 5 nitrogen and oxygen atoms in total. The second-order valence-electron chi connectivity index (χ2n) is 4.38. The van der Waals surface area contributed by atoms with Crippen LogP contribution in [0.25, 0.3) is 0 Å². The van der Waals surface area contributed by atoms with Crippen LogP contribution in [-0.4, -0.2) is 19.5 Å². The molecule has 7 heteroatoms. The summed E-state index contributed by atoms with van der Waals surface area (Å²) < 4.78 is 27.6. The van der Waals surface area contributed by atoms with Crippen molar-refractivity contribution in [2.75, 3.05) is 4.72 Å². The number of sulfonamides is 1. The molecular formula is C14H12INO4S. The Morgan fingerprint density at radius 3 is 2.52 bits per heavy atom. The smallest absolute Gasteiger partial charge is 0.335 e. The van der Waals surface area contributed by atoms with Gasteiger partial charge in [-0.1, -0.05) is 18.2 Å². The number of carboxylic acids is 1. The quantitative estimate of drug-likeness (QED) is 0.733. The molecule has 0 aliphatic rings. The highest BCUT2D eigenvalue weighted by Gasteiger charge is 2.13. The average molecular weight is 417 g/mol. The van der Waals surface area contributed by atoms with E-state index in [1.54, 1.807) is 24.3 Å². The van der Waals surface area contributed by atoms with Gasteiger partial charge < -0.3 is 5.11 Å². The van der Waals surface area contributed by atoms with Crippen molar-refractivity contribution < 1.29 is 18.3 Å². The molecule has 0 aromatic heterocycles. The van der Waals surface area contributed by atoms with Crippen LogP contribution in [0.2, 0.25) is 0 Å². The number of halogens is 1. The first-order valence-electron chi connectivity index (χ1n) is 5.94. The van der Waals surface area contributed by atoms with E-state index in [-0.39, 0.29) is 11.3 Å². The third-order valence-electron chi connectivity index (χ3n) is 2.63. The van der Waals surface area contributed by atoms with E-state index in [1.165, 1.54) is 18.2 Å². The Morgan fingerprint density at radius 2 is 1.86 bits per heavy atom. The summed E-state index contributed by atoms with van der Waals surface area (Å²) in [5, 5.41) is 8.91. The molecule has 0 amide bonds. The van der Waals surface area contributed by atoms with Gasteiger partial charge in [-0.15, -0.1) is 0 Å². The molecule has 0 bridgehead atoms. The van der Waals surface area contributed by atoms with E-state index in [1.807, 2.05) is 6.07 Å². The van der Waals surface area contributed by atoms with Crippen molar-refractivity contribution in [1.82, 2.24) is 0 Å². The summed E-state index contributed by atoms with van der Waals surface area (Å²) in [6.45, 7) is 0. The summed E-state index contributed by atoms with van der Waals surface area (Å²) in [5.74, 6) is -1.36. The van der Waals surface area contributed by atoms with Crippen LogP contribution in [0, 0.1) is 3.57 Å². The van der Waals surface area contributed by atoms with Crippen molar-refractivity contribution in [3.8, 4) is 0 Å². The van der Waals surface area contributed by atoms with E-state index >= 15 is 0 Å². The largest absolute Gasteiger partial charge is 0.478 e. The molecule has 0 unspecified atom stereocenters. The maximum Gasteiger partial charge on any atom is 0.335 e. The van der Waals surface area contributed by atoms with Crippen molar-refractivity contribution in [3.63, 3.8) is 0 Å². The van der Waals surface area contributed by atoms with Gasteiger partial charge in [-0.2, -0.15) is 0 Å². The number of benzene rings is 2. The molecule has 2 aromatic carbocycles. The molecular weight excluding hydrogens is 405 g/mol. The lowest BCUT2D eigenvalue weighted by atomic mass is 10.1. The molecule has 0 saturated carbocycles. The number of rotatable bonds is 5. The van der Waals surface area contributed by atoms with E-state index < -0.39 is 16.0 Å². The summed E-state index contributed by atoms with van der Waals surface area (Å²) in [6, 6.07) is 12.9. The fourth-order valence-electron chi connectivity index (χ4n) is 1.78. The van der Waals surface area contributed by atoms with Gasteiger partial charge in [-0.05, 0) is 58.5 Å². The number of carboxylic acid groups (broad SMARTS) is 1. The fraction of sp³-hybridized carbons (Fsp3) is 0.0714. The predicted molar refractivity (Wildman–Crippen MR) is 88.8 cm³/mol. The molecule has 0 fully saturated rings. The zero-order valence-electron chi connectivity index (χ0n) is 10.8. The molecule has 0 radical (unpaired) electrons. The highest BCUT2D eigenvalue weighted by molar-refractivity contribution is 14.1. The standard InChI is InChI=1S/C14H12INO4S/c15-12-5-2-6-13(8-12)16-21(19,20)9-10-3-1-4-11(7-10)14(17)18/h1-8,16H,9H2,(H,17,18). The van der Waals surface area contributed by atoms with Crippen LogP contribution < -0.4 is 4.72 Å². The number of hydrogen-bond donors (Lipinski definition) is 2. The summed E-state index contributed by atoms with van der Waals surface area (Å²) in [6.07, 6.45) is 0. The number of anilines is 1. The molecule has 2 aromatic rings. The number of aromatic carboxylic acids is 1. The van der Waals surface area contributed by atoms with Gasteiger partial charge in [0.05, 0.1) is 11.3 Å². The minimum atomic E-state index is -3.59. The third kappa shape index (κ3) is 4.71. The van der Waals surface area contributed by atoms with Crippen molar-refractivity contribution in [1.29, 1.82) is 0 Å². The highest BCUT2D eigenvalue weighted by Crippen LogP contribution is 2.16. The van der Waals surface area contributed by atoms with E-state index in [2.05, 4.69) is 27.3 Å². The Hall–Kier alpha value is -1.61. The Labute approximate surface area is 136 Å². The third-order valence-corrected chi connectivity index (χ3v) is 4.56. The second kappa shape index (κ2) is 6.44. The Morgan fingerprint density at radius 1 is 1.14 bits per heavy atom. The first-order chi connectivity index (χ1) is 9.85. The monoisotopic (exact) mass is 417 g/mol. The Balaban J connectivity index is 2.18. The summed E-state index contributed by atoms with van der Waals surface area (Å²) >= 11 is 2.09. The average Bonchev–Trinajstić information content (AvgIpc) is 2.37. The van der Waals surface area contributed by atoms with E-state index in [0.717, 1.165) is 3.57 Å². The molecule has 0 spiro atoms. The summed E-state index contributed by atoms with van der Waals surface area (Å²) in [4.78, 5) is 10.9. The van der Waals surface area contributed by atoms with Crippen LogP contribution >= 0.6 is 22.6 Å². The molecule has 0 heterocycles. The lowest BCUT2D eigenvalue weighted by Gasteiger charge is -2.09. The Bertz CT molecular complexity index is 774. The Kier molecular flexibility index (Phi) is 4.84. The molecule has 0 aliphatic carbocycles. The van der Waals surface area contributed by atoms with Crippen LogP contribution in [0.5, 0.6) is 0 Å². The van der Waals surface area contributed by atoms with Gasteiger partial charge >= 0.3 is 5.97 Å². The van der Waals surface area contributed by atoms with Crippen molar-refractivity contribution >= 4 is 44.3 Å². The van der Waals surface area contributed by atoms with Gasteiger partial charge in [0.25, 0.3) is 0 Å². The van der Waals surface area contributed by atoms with E-state index in [9.17, 15) is 13.2 Å². The minimum absolute atomic E-state index is 0.0666. The van der Waals surface area contributed by atoms with Crippen LogP contribution in [0.1, 0.15) is 15.9 Å². The maximum absolute atomic E-state index is 12.1. The van der Waals surface area contributed by atoms with Gasteiger partial charge in [-0.3, -0.25) is 4.72 Å². The van der Waals surface area contributed by atoms with Gasteiger partial charge in [-0.25, -0.2) is 13.2 Å². The van der Waals surface area contributed by atoms with E-state index in [4.69, 9.17) is 5.11 Å². The van der Waals surface area contributed by atoms with Gasteiger partial charge in [0.1, 0.15) is 0 Å². The van der Waals surface area contributed by atoms with Gasteiger partial charge in [0.15, 0.2) is 0 Å². The lowest BCUT2D eigenvalue weighted by molar-refractivity contribution is 0.0696. The van der Waals surface area contributed by atoms with Crippen LogP contribution in [0.3, 0.4) is 0 Å². The fourth-order valence-corrected chi connectivity index (χ4v) is 3.50. The van der Waals surface area contributed by atoms with Crippen LogP contribution in [0.15, 0.2) is 48.5 Å². The molecule has 2 rings (SSSR count). The van der Waals surface area contributed by atoms with Crippen LogP contribution in [-0.2, 0) is 15.8 Å². The molecule has 21 heavy (non-hydrogen) atoms. The first kappa shape index (κ1) is 15.8. The van der Waals surface area contributed by atoms with Crippen molar-refractivity contribution in [3.05, 3.63) is 63.2 Å². The molecule has 0 aliphatic heterocycles. The van der Waals surface area contributed by atoms with E-state index in [0.29, 0.717) is 11.3 Å². The summed E-state index contributed by atoms with van der Waals surface area (Å²) in [5.41, 5.74) is 0.973. The zero-order chi connectivity index (χ0) is 15.5. The number of carbonyl (C=O) groups is 1.